The van der Waals surface area contributed by atoms with E-state index >= 15 is 0 Å². The lowest BCUT2D eigenvalue weighted by Crippen LogP contribution is -2.34. The van der Waals surface area contributed by atoms with Crippen molar-refractivity contribution in [3.63, 3.8) is 0 Å². The summed E-state index contributed by atoms with van der Waals surface area (Å²) in [6.07, 6.45) is -4.65. The fourth-order valence-corrected chi connectivity index (χ4v) is 2.57. The summed E-state index contributed by atoms with van der Waals surface area (Å²) in [6, 6.07) is 12.2. The van der Waals surface area contributed by atoms with Crippen molar-refractivity contribution < 1.29 is 22.8 Å². The summed E-state index contributed by atoms with van der Waals surface area (Å²) >= 11 is 0. The maximum Gasteiger partial charge on any atom is 0.416 e. The maximum atomic E-state index is 12.8. The van der Waals surface area contributed by atoms with Crippen LogP contribution in [0, 0.1) is 0 Å². The summed E-state index contributed by atoms with van der Waals surface area (Å²) in [5, 5.41) is 2.93. The van der Waals surface area contributed by atoms with Gasteiger partial charge >= 0.3 is 6.18 Å². The van der Waals surface area contributed by atoms with E-state index in [0.717, 1.165) is 17.0 Å². The van der Waals surface area contributed by atoms with E-state index in [4.69, 9.17) is 0 Å². The summed E-state index contributed by atoms with van der Waals surface area (Å²) in [5.74, 6) is -1.10. The number of alkyl halides is 3. The number of nitrogens with one attached hydrogen (secondary N) is 1. The number of rotatable bonds is 3. The first kappa shape index (κ1) is 16.0. The minimum atomic E-state index is -4.54. The van der Waals surface area contributed by atoms with E-state index in [-0.39, 0.29) is 12.1 Å². The van der Waals surface area contributed by atoms with Gasteiger partial charge in [0.25, 0.3) is 5.91 Å². The molecule has 0 radical (unpaired) electrons. The van der Waals surface area contributed by atoms with Gasteiger partial charge in [0.05, 0.1) is 17.7 Å². The molecule has 7 heteroatoms. The van der Waals surface area contributed by atoms with Crippen molar-refractivity contribution in [1.29, 1.82) is 0 Å². The Labute approximate surface area is 135 Å². The number of nitrogens with zero attached hydrogens (tertiary/aromatic N) is 1. The van der Waals surface area contributed by atoms with Crippen LogP contribution in [0.3, 0.4) is 0 Å². The zero-order valence-corrected chi connectivity index (χ0v) is 12.4. The molecule has 1 unspecified atom stereocenters. The standard InChI is InChI=1S/C17H13F3N2O2/c18-17(19,20)11-5-4-8-13(9-11)22-15(23)10-14(16(22)24)21-12-6-2-1-3-7-12/h1-9,14,21H,10H2. The Hall–Kier alpha value is -2.83. The van der Waals surface area contributed by atoms with Gasteiger partial charge in [-0.2, -0.15) is 13.2 Å². The van der Waals surface area contributed by atoms with Crippen molar-refractivity contribution in [3.8, 4) is 0 Å². The van der Waals surface area contributed by atoms with Crippen molar-refractivity contribution in [2.45, 2.75) is 18.6 Å². The number of benzene rings is 2. The van der Waals surface area contributed by atoms with Crippen LogP contribution in [0.4, 0.5) is 24.5 Å². The van der Waals surface area contributed by atoms with Crippen LogP contribution in [-0.4, -0.2) is 17.9 Å². The molecule has 0 aliphatic carbocycles. The first-order valence-electron chi connectivity index (χ1n) is 7.22. The third-order valence-corrected chi connectivity index (χ3v) is 3.69. The van der Waals surface area contributed by atoms with Crippen LogP contribution in [0.15, 0.2) is 54.6 Å². The van der Waals surface area contributed by atoms with Gasteiger partial charge in [-0.05, 0) is 30.3 Å². The average Bonchev–Trinajstić information content (AvgIpc) is 2.82. The van der Waals surface area contributed by atoms with E-state index in [1.54, 1.807) is 24.3 Å². The zero-order valence-electron chi connectivity index (χ0n) is 12.4. The highest BCUT2D eigenvalue weighted by molar-refractivity contribution is 6.23. The molecule has 1 fully saturated rings. The molecule has 124 valence electrons. The van der Waals surface area contributed by atoms with Crippen molar-refractivity contribution in [1.82, 2.24) is 0 Å². The molecule has 0 bridgehead atoms. The summed E-state index contributed by atoms with van der Waals surface area (Å²) in [5.41, 5.74) is -0.313. The molecule has 0 spiro atoms. The second-order valence-electron chi connectivity index (χ2n) is 5.38. The van der Waals surface area contributed by atoms with Gasteiger partial charge in [0, 0.05) is 5.69 Å². The first-order chi connectivity index (χ1) is 11.4. The Bertz CT molecular complexity index is 775. The van der Waals surface area contributed by atoms with Crippen molar-refractivity contribution in [2.75, 3.05) is 10.2 Å². The number of anilines is 2. The SMILES string of the molecule is O=C1CC(Nc2ccccc2)C(=O)N1c1cccc(C(F)(F)F)c1. The molecule has 1 aliphatic heterocycles. The van der Waals surface area contributed by atoms with Gasteiger partial charge in [-0.1, -0.05) is 24.3 Å². The van der Waals surface area contributed by atoms with Crippen molar-refractivity contribution in [2.24, 2.45) is 0 Å². The van der Waals surface area contributed by atoms with E-state index in [1.165, 1.54) is 12.1 Å². The molecule has 1 aliphatic rings. The number of imide groups is 1. The van der Waals surface area contributed by atoms with Crippen LogP contribution in [0.5, 0.6) is 0 Å². The average molecular weight is 334 g/mol. The van der Waals surface area contributed by atoms with Gasteiger partial charge in [0.2, 0.25) is 5.91 Å². The molecule has 24 heavy (non-hydrogen) atoms. The fourth-order valence-electron chi connectivity index (χ4n) is 2.57. The Balaban J connectivity index is 1.85. The number of carbonyl (C=O) groups excluding carboxylic acids is 2. The van der Waals surface area contributed by atoms with Crippen LogP contribution in [0.25, 0.3) is 0 Å². The van der Waals surface area contributed by atoms with Gasteiger partial charge < -0.3 is 5.32 Å². The number of halogens is 3. The molecular weight excluding hydrogens is 321 g/mol. The lowest BCUT2D eigenvalue weighted by atomic mass is 10.2. The third-order valence-electron chi connectivity index (χ3n) is 3.69. The lowest BCUT2D eigenvalue weighted by molar-refractivity contribution is -0.137. The number of hydrogen-bond acceptors (Lipinski definition) is 3. The smallest absolute Gasteiger partial charge is 0.373 e. The normalized spacial score (nSPS) is 18.1. The second kappa shape index (κ2) is 5.99. The quantitative estimate of drug-likeness (QED) is 0.875. The first-order valence-corrected chi connectivity index (χ1v) is 7.22. The lowest BCUT2D eigenvalue weighted by Gasteiger charge is -2.17. The highest BCUT2D eigenvalue weighted by atomic mass is 19.4. The molecule has 4 nitrogen and oxygen atoms in total. The van der Waals surface area contributed by atoms with Crippen LogP contribution in [-0.2, 0) is 15.8 Å². The van der Waals surface area contributed by atoms with E-state index in [1.807, 2.05) is 6.07 Å². The Kier molecular flexibility index (Phi) is 4.01. The second-order valence-corrected chi connectivity index (χ2v) is 5.38. The van der Waals surface area contributed by atoms with Gasteiger partial charge in [-0.15, -0.1) is 0 Å². The van der Waals surface area contributed by atoms with Crippen LogP contribution in [0.1, 0.15) is 12.0 Å². The summed E-state index contributed by atoms with van der Waals surface area (Å²) in [4.78, 5) is 25.4. The van der Waals surface area contributed by atoms with Crippen LogP contribution >= 0.6 is 0 Å². The predicted octanol–water partition coefficient (Wildman–Crippen LogP) is 3.45. The molecule has 2 aromatic carbocycles. The molecule has 1 saturated heterocycles. The molecule has 1 heterocycles. The fraction of sp³-hybridized carbons (Fsp3) is 0.176. The summed E-state index contributed by atoms with van der Waals surface area (Å²) in [7, 11) is 0. The van der Waals surface area contributed by atoms with Gasteiger partial charge in [-0.25, -0.2) is 4.90 Å². The molecule has 3 rings (SSSR count). The largest absolute Gasteiger partial charge is 0.416 e. The van der Waals surface area contributed by atoms with Crippen LogP contribution < -0.4 is 10.2 Å². The van der Waals surface area contributed by atoms with Gasteiger partial charge in [0.15, 0.2) is 0 Å². The monoisotopic (exact) mass is 334 g/mol. The highest BCUT2D eigenvalue weighted by Crippen LogP contribution is 2.33. The van der Waals surface area contributed by atoms with E-state index in [0.29, 0.717) is 5.69 Å². The summed E-state index contributed by atoms with van der Waals surface area (Å²) in [6.45, 7) is 0. The molecule has 0 aromatic heterocycles. The topological polar surface area (TPSA) is 49.4 Å². The number of hydrogen-bond donors (Lipinski definition) is 1. The molecular formula is C17H13F3N2O2. The molecule has 2 aromatic rings. The van der Waals surface area contributed by atoms with E-state index < -0.39 is 29.6 Å². The Morgan fingerprint density at radius 3 is 2.38 bits per heavy atom. The minimum Gasteiger partial charge on any atom is -0.373 e. The zero-order chi connectivity index (χ0) is 17.3. The van der Waals surface area contributed by atoms with Crippen molar-refractivity contribution >= 4 is 23.2 Å². The van der Waals surface area contributed by atoms with E-state index in [2.05, 4.69) is 5.32 Å². The van der Waals surface area contributed by atoms with Gasteiger partial charge in [0.1, 0.15) is 6.04 Å². The van der Waals surface area contributed by atoms with E-state index in [9.17, 15) is 22.8 Å². The van der Waals surface area contributed by atoms with Crippen molar-refractivity contribution in [3.05, 3.63) is 60.2 Å². The molecule has 2 amide bonds. The molecule has 1 atom stereocenters. The van der Waals surface area contributed by atoms with Crippen LogP contribution in [0.2, 0.25) is 0 Å². The Morgan fingerprint density at radius 2 is 1.71 bits per heavy atom. The number of amides is 2. The maximum absolute atomic E-state index is 12.8. The summed E-state index contributed by atoms with van der Waals surface area (Å²) < 4.78 is 38.4. The minimum absolute atomic E-state index is 0.0720. The highest BCUT2D eigenvalue weighted by Gasteiger charge is 2.40. The molecule has 0 saturated carbocycles. The predicted molar refractivity (Wildman–Crippen MR) is 82.4 cm³/mol. The Morgan fingerprint density at radius 1 is 1.00 bits per heavy atom. The number of carbonyl (C=O) groups is 2. The molecule has 1 N–H and O–H groups in total. The third kappa shape index (κ3) is 3.10. The number of para-hydroxylation sites is 1. The van der Waals surface area contributed by atoms with Gasteiger partial charge in [-0.3, -0.25) is 9.59 Å².